The van der Waals surface area contributed by atoms with E-state index in [-0.39, 0.29) is 6.04 Å². The fraction of sp³-hybridized carbons (Fsp3) is 0.625. The molecule has 19 heavy (non-hydrogen) atoms. The topological polar surface area (TPSA) is 35.2 Å². The molecule has 106 valence electrons. The van der Waals surface area contributed by atoms with Crippen LogP contribution in [0.3, 0.4) is 0 Å². The Morgan fingerprint density at radius 1 is 1.37 bits per heavy atom. The SMILES string of the molecule is CCC(N)Cc1cccc(Br)c1OCC1CCCC1. The molecule has 0 radical (unpaired) electrons. The molecule has 1 unspecified atom stereocenters. The molecule has 0 spiro atoms. The molecular formula is C16H24BrNO. The molecule has 0 bridgehead atoms. The highest BCUT2D eigenvalue weighted by Gasteiger charge is 2.17. The van der Waals surface area contributed by atoms with Crippen LogP contribution in [0.25, 0.3) is 0 Å². The number of benzene rings is 1. The lowest BCUT2D eigenvalue weighted by Gasteiger charge is -2.18. The fourth-order valence-corrected chi connectivity index (χ4v) is 3.20. The van der Waals surface area contributed by atoms with Crippen LogP contribution in [0.1, 0.15) is 44.6 Å². The van der Waals surface area contributed by atoms with Crippen molar-refractivity contribution in [3.05, 3.63) is 28.2 Å². The first-order valence-electron chi connectivity index (χ1n) is 7.36. The summed E-state index contributed by atoms with van der Waals surface area (Å²) < 4.78 is 7.14. The standard InChI is InChI=1S/C16H24BrNO/c1-2-14(18)10-13-8-5-9-15(17)16(13)19-11-12-6-3-4-7-12/h5,8-9,12,14H,2-4,6-7,10-11,18H2,1H3. The van der Waals surface area contributed by atoms with Gasteiger partial charge in [-0.15, -0.1) is 0 Å². The molecule has 1 aliphatic carbocycles. The number of halogens is 1. The Bertz CT molecular complexity index is 402. The van der Waals surface area contributed by atoms with Crippen molar-refractivity contribution in [2.24, 2.45) is 11.7 Å². The van der Waals surface area contributed by atoms with Gasteiger partial charge in [0.05, 0.1) is 11.1 Å². The molecule has 1 atom stereocenters. The lowest BCUT2D eigenvalue weighted by atomic mass is 10.0. The highest BCUT2D eigenvalue weighted by atomic mass is 79.9. The van der Waals surface area contributed by atoms with E-state index in [1.165, 1.54) is 31.2 Å². The van der Waals surface area contributed by atoms with Crippen LogP contribution in [0.4, 0.5) is 0 Å². The van der Waals surface area contributed by atoms with Crippen LogP contribution in [0.2, 0.25) is 0 Å². The molecule has 1 fully saturated rings. The van der Waals surface area contributed by atoms with Crippen molar-refractivity contribution in [1.29, 1.82) is 0 Å². The smallest absolute Gasteiger partial charge is 0.136 e. The third kappa shape index (κ3) is 4.22. The Labute approximate surface area is 124 Å². The summed E-state index contributed by atoms with van der Waals surface area (Å²) in [6.45, 7) is 2.97. The zero-order valence-corrected chi connectivity index (χ0v) is 13.3. The summed E-state index contributed by atoms with van der Waals surface area (Å²) in [5.74, 6) is 1.73. The van der Waals surface area contributed by atoms with Gasteiger partial charge >= 0.3 is 0 Å². The van der Waals surface area contributed by atoms with E-state index < -0.39 is 0 Å². The van der Waals surface area contributed by atoms with Crippen LogP contribution >= 0.6 is 15.9 Å². The third-order valence-corrected chi connectivity index (χ3v) is 4.62. The maximum atomic E-state index is 6.09. The summed E-state index contributed by atoms with van der Waals surface area (Å²) in [5.41, 5.74) is 7.30. The van der Waals surface area contributed by atoms with Gasteiger partial charge in [0.15, 0.2) is 0 Å². The zero-order chi connectivity index (χ0) is 13.7. The van der Waals surface area contributed by atoms with Crippen molar-refractivity contribution in [1.82, 2.24) is 0 Å². The van der Waals surface area contributed by atoms with Crippen LogP contribution in [-0.4, -0.2) is 12.6 Å². The Hall–Kier alpha value is -0.540. The van der Waals surface area contributed by atoms with Gasteiger partial charge in [-0.1, -0.05) is 31.9 Å². The quantitative estimate of drug-likeness (QED) is 0.846. The van der Waals surface area contributed by atoms with Gasteiger partial charge in [-0.3, -0.25) is 0 Å². The molecule has 2 N–H and O–H groups in total. The first-order valence-corrected chi connectivity index (χ1v) is 8.15. The zero-order valence-electron chi connectivity index (χ0n) is 11.7. The molecule has 3 heteroatoms. The third-order valence-electron chi connectivity index (χ3n) is 3.99. The van der Waals surface area contributed by atoms with E-state index in [0.717, 1.165) is 35.6 Å². The van der Waals surface area contributed by atoms with E-state index in [1.54, 1.807) is 0 Å². The monoisotopic (exact) mass is 325 g/mol. The lowest BCUT2D eigenvalue weighted by Crippen LogP contribution is -2.22. The first-order chi connectivity index (χ1) is 9.20. The van der Waals surface area contributed by atoms with Crippen molar-refractivity contribution >= 4 is 15.9 Å². The molecule has 0 amide bonds. The largest absolute Gasteiger partial charge is 0.492 e. The minimum absolute atomic E-state index is 0.211. The Kier molecular flexibility index (Phi) is 5.71. The number of hydrogen-bond acceptors (Lipinski definition) is 2. The molecule has 0 aromatic heterocycles. The normalized spacial score (nSPS) is 17.6. The van der Waals surface area contributed by atoms with Crippen molar-refractivity contribution in [3.8, 4) is 5.75 Å². The summed E-state index contributed by atoms with van der Waals surface area (Å²) in [7, 11) is 0. The van der Waals surface area contributed by atoms with Gasteiger partial charge in [0.1, 0.15) is 5.75 Å². The van der Waals surface area contributed by atoms with Gasteiger partial charge in [-0.2, -0.15) is 0 Å². The minimum Gasteiger partial charge on any atom is -0.492 e. The summed E-state index contributed by atoms with van der Waals surface area (Å²) in [6, 6.07) is 6.45. The Balaban J connectivity index is 2.03. The van der Waals surface area contributed by atoms with E-state index >= 15 is 0 Å². The maximum Gasteiger partial charge on any atom is 0.136 e. The Morgan fingerprint density at radius 2 is 2.11 bits per heavy atom. The van der Waals surface area contributed by atoms with Crippen LogP contribution in [0, 0.1) is 5.92 Å². The van der Waals surface area contributed by atoms with Crippen molar-refractivity contribution in [3.63, 3.8) is 0 Å². The van der Waals surface area contributed by atoms with Crippen molar-refractivity contribution in [2.45, 2.75) is 51.5 Å². The number of rotatable bonds is 6. The summed E-state index contributed by atoms with van der Waals surface area (Å²) in [6.07, 6.45) is 7.22. The number of ether oxygens (including phenoxy) is 1. The number of hydrogen-bond donors (Lipinski definition) is 1. The van der Waals surface area contributed by atoms with Gasteiger partial charge in [0.2, 0.25) is 0 Å². The predicted molar refractivity (Wildman–Crippen MR) is 83.6 cm³/mol. The molecule has 0 heterocycles. The molecule has 1 aromatic carbocycles. The van der Waals surface area contributed by atoms with Crippen LogP contribution in [0.15, 0.2) is 22.7 Å². The highest BCUT2D eigenvalue weighted by Crippen LogP contribution is 2.32. The van der Waals surface area contributed by atoms with Crippen molar-refractivity contribution < 1.29 is 4.74 Å². The maximum absolute atomic E-state index is 6.09. The lowest BCUT2D eigenvalue weighted by molar-refractivity contribution is 0.248. The van der Waals surface area contributed by atoms with Crippen LogP contribution < -0.4 is 10.5 Å². The van der Waals surface area contributed by atoms with Gasteiger partial charge in [-0.05, 0) is 59.2 Å². The molecule has 0 aliphatic heterocycles. The van der Waals surface area contributed by atoms with E-state index in [9.17, 15) is 0 Å². The average Bonchev–Trinajstić information content (AvgIpc) is 2.91. The second-order valence-electron chi connectivity index (χ2n) is 5.56. The van der Waals surface area contributed by atoms with E-state index in [0.29, 0.717) is 0 Å². The second kappa shape index (κ2) is 7.30. The molecule has 0 saturated heterocycles. The summed E-state index contributed by atoms with van der Waals surface area (Å²) in [5, 5.41) is 0. The molecular weight excluding hydrogens is 302 g/mol. The van der Waals surface area contributed by atoms with Gasteiger partial charge in [-0.25, -0.2) is 0 Å². The number of para-hydroxylation sites is 1. The molecule has 1 aliphatic rings. The van der Waals surface area contributed by atoms with Gasteiger partial charge in [0, 0.05) is 6.04 Å². The van der Waals surface area contributed by atoms with E-state index in [2.05, 4.69) is 35.0 Å². The molecule has 2 rings (SSSR count). The number of nitrogens with two attached hydrogens (primary N) is 1. The van der Waals surface area contributed by atoms with Gasteiger partial charge < -0.3 is 10.5 Å². The van der Waals surface area contributed by atoms with Crippen molar-refractivity contribution in [2.75, 3.05) is 6.61 Å². The summed E-state index contributed by atoms with van der Waals surface area (Å²) >= 11 is 3.60. The summed E-state index contributed by atoms with van der Waals surface area (Å²) in [4.78, 5) is 0. The van der Waals surface area contributed by atoms with Crippen LogP contribution in [-0.2, 0) is 6.42 Å². The molecule has 1 aromatic rings. The van der Waals surface area contributed by atoms with E-state index in [4.69, 9.17) is 10.5 Å². The van der Waals surface area contributed by atoms with Crippen LogP contribution in [0.5, 0.6) is 5.75 Å². The fourth-order valence-electron chi connectivity index (χ4n) is 2.68. The average molecular weight is 326 g/mol. The highest BCUT2D eigenvalue weighted by molar-refractivity contribution is 9.10. The van der Waals surface area contributed by atoms with Gasteiger partial charge in [0.25, 0.3) is 0 Å². The minimum atomic E-state index is 0.211. The molecule has 2 nitrogen and oxygen atoms in total. The molecule has 1 saturated carbocycles. The second-order valence-corrected chi connectivity index (χ2v) is 6.42. The predicted octanol–water partition coefficient (Wildman–Crippen LogP) is 4.30. The Morgan fingerprint density at radius 3 is 2.79 bits per heavy atom. The first kappa shape index (κ1) is 14.9. The van der Waals surface area contributed by atoms with E-state index in [1.807, 2.05) is 6.07 Å².